The van der Waals surface area contributed by atoms with Gasteiger partial charge in [-0.3, -0.25) is 9.59 Å². The Morgan fingerprint density at radius 1 is 1.39 bits per heavy atom. The van der Waals surface area contributed by atoms with Crippen LogP contribution in [0.15, 0.2) is 18.2 Å². The Morgan fingerprint density at radius 3 is 2.61 bits per heavy atom. The van der Waals surface area contributed by atoms with Crippen molar-refractivity contribution in [2.24, 2.45) is 11.5 Å². The molecule has 2 rings (SSSR count). The molecule has 0 bridgehead atoms. The number of primary amides is 1. The molecule has 1 heterocycles. The quantitative estimate of drug-likeness (QED) is 0.773. The molecule has 1 aliphatic heterocycles. The van der Waals surface area contributed by atoms with Crippen LogP contribution in [0.25, 0.3) is 0 Å². The van der Waals surface area contributed by atoms with Gasteiger partial charge in [-0.2, -0.15) is 0 Å². The summed E-state index contributed by atoms with van der Waals surface area (Å²) in [4.78, 5) is 24.6. The molecule has 0 saturated heterocycles. The van der Waals surface area contributed by atoms with E-state index in [2.05, 4.69) is 0 Å². The number of nitrogens with zero attached hydrogens (tertiary/aromatic N) is 1. The zero-order chi connectivity index (χ0) is 13.4. The molecule has 0 radical (unpaired) electrons. The van der Waals surface area contributed by atoms with Crippen LogP contribution in [0.5, 0.6) is 0 Å². The maximum Gasteiger partial charge on any atom is 0.248 e. The minimum absolute atomic E-state index is 0.0255. The second-order valence-corrected chi connectivity index (χ2v) is 4.72. The number of amides is 2. The highest BCUT2D eigenvalue weighted by Crippen LogP contribution is 2.36. The van der Waals surface area contributed by atoms with E-state index < -0.39 is 5.91 Å². The van der Waals surface area contributed by atoms with Crippen molar-refractivity contribution in [2.45, 2.75) is 32.4 Å². The summed E-state index contributed by atoms with van der Waals surface area (Å²) in [5.41, 5.74) is 13.3. The maximum absolute atomic E-state index is 11.7. The van der Waals surface area contributed by atoms with E-state index in [1.54, 1.807) is 23.1 Å². The number of hydrogen-bond acceptors (Lipinski definition) is 3. The molecule has 1 aromatic carbocycles. The van der Waals surface area contributed by atoms with Gasteiger partial charge in [0.1, 0.15) is 0 Å². The van der Waals surface area contributed by atoms with Crippen LogP contribution >= 0.6 is 0 Å². The third-order valence-electron chi connectivity index (χ3n) is 3.35. The Bertz CT molecular complexity index is 513. The molecular weight excluding hydrogens is 230 g/mol. The van der Waals surface area contributed by atoms with Crippen LogP contribution < -0.4 is 16.4 Å². The van der Waals surface area contributed by atoms with Gasteiger partial charge in [-0.25, -0.2) is 0 Å². The fraction of sp³-hybridized carbons (Fsp3) is 0.385. The average molecular weight is 247 g/mol. The van der Waals surface area contributed by atoms with E-state index in [1.807, 2.05) is 6.92 Å². The third kappa shape index (κ3) is 1.97. The minimum Gasteiger partial charge on any atom is -0.366 e. The second-order valence-electron chi connectivity index (χ2n) is 4.72. The van der Waals surface area contributed by atoms with Crippen molar-refractivity contribution in [3.05, 3.63) is 29.3 Å². The van der Waals surface area contributed by atoms with Crippen LogP contribution in [0.1, 0.15) is 42.2 Å². The normalized spacial score (nSPS) is 22.5. The Kier molecular flexibility index (Phi) is 3.09. The molecule has 0 aromatic heterocycles. The van der Waals surface area contributed by atoms with Gasteiger partial charge in [-0.15, -0.1) is 0 Å². The van der Waals surface area contributed by atoms with E-state index in [1.165, 1.54) is 6.92 Å². The first-order chi connectivity index (χ1) is 8.41. The van der Waals surface area contributed by atoms with Gasteiger partial charge in [-0.05, 0) is 37.1 Å². The lowest BCUT2D eigenvalue weighted by atomic mass is 9.91. The first-order valence-electron chi connectivity index (χ1n) is 5.91. The molecule has 0 spiro atoms. The van der Waals surface area contributed by atoms with E-state index in [0.717, 1.165) is 11.3 Å². The fourth-order valence-corrected chi connectivity index (χ4v) is 2.54. The van der Waals surface area contributed by atoms with Gasteiger partial charge in [0, 0.05) is 30.3 Å². The lowest BCUT2D eigenvalue weighted by Gasteiger charge is -2.37. The van der Waals surface area contributed by atoms with E-state index >= 15 is 0 Å². The lowest BCUT2D eigenvalue weighted by molar-refractivity contribution is -0.117. The number of anilines is 1. The van der Waals surface area contributed by atoms with Crippen LogP contribution in [0.3, 0.4) is 0 Å². The Hall–Kier alpha value is -1.88. The number of carbonyl (C=O) groups is 2. The van der Waals surface area contributed by atoms with Crippen LogP contribution in [-0.2, 0) is 4.79 Å². The third-order valence-corrected chi connectivity index (χ3v) is 3.35. The van der Waals surface area contributed by atoms with Gasteiger partial charge >= 0.3 is 0 Å². The molecule has 5 heteroatoms. The zero-order valence-electron chi connectivity index (χ0n) is 10.5. The maximum atomic E-state index is 11.7. The van der Waals surface area contributed by atoms with Crippen molar-refractivity contribution in [1.29, 1.82) is 0 Å². The number of benzene rings is 1. The zero-order valence-corrected chi connectivity index (χ0v) is 10.5. The summed E-state index contributed by atoms with van der Waals surface area (Å²) in [5.74, 6) is -0.513. The minimum atomic E-state index is -0.488. The fourth-order valence-electron chi connectivity index (χ4n) is 2.54. The molecule has 96 valence electrons. The summed E-state index contributed by atoms with van der Waals surface area (Å²) < 4.78 is 0. The molecule has 4 N–H and O–H groups in total. The van der Waals surface area contributed by atoms with Crippen molar-refractivity contribution >= 4 is 17.5 Å². The van der Waals surface area contributed by atoms with Gasteiger partial charge < -0.3 is 16.4 Å². The van der Waals surface area contributed by atoms with E-state index in [0.29, 0.717) is 12.0 Å². The smallest absolute Gasteiger partial charge is 0.248 e. The highest BCUT2D eigenvalue weighted by Gasteiger charge is 2.30. The first kappa shape index (κ1) is 12.6. The van der Waals surface area contributed by atoms with Crippen LogP contribution in [0.4, 0.5) is 5.69 Å². The number of fused-ring (bicyclic) bond motifs is 1. The van der Waals surface area contributed by atoms with Crippen LogP contribution in [0.2, 0.25) is 0 Å². The summed E-state index contributed by atoms with van der Waals surface area (Å²) in [5, 5.41) is 0. The molecule has 0 aliphatic carbocycles. The van der Waals surface area contributed by atoms with Crippen LogP contribution in [-0.4, -0.2) is 17.9 Å². The molecule has 1 aromatic rings. The monoisotopic (exact) mass is 247 g/mol. The number of carbonyl (C=O) groups excluding carboxylic acids is 2. The molecule has 0 unspecified atom stereocenters. The van der Waals surface area contributed by atoms with Gasteiger partial charge in [0.2, 0.25) is 11.8 Å². The topological polar surface area (TPSA) is 89.4 Å². The Morgan fingerprint density at radius 2 is 2.06 bits per heavy atom. The average Bonchev–Trinajstić information content (AvgIpc) is 2.27. The molecule has 18 heavy (non-hydrogen) atoms. The van der Waals surface area contributed by atoms with E-state index in [-0.39, 0.29) is 18.0 Å². The van der Waals surface area contributed by atoms with Crippen LogP contribution in [0, 0.1) is 0 Å². The molecule has 2 amide bonds. The van der Waals surface area contributed by atoms with Gasteiger partial charge in [0.25, 0.3) is 0 Å². The van der Waals surface area contributed by atoms with Crippen molar-refractivity contribution in [3.8, 4) is 0 Å². The molecular formula is C13H17N3O2. The lowest BCUT2D eigenvalue weighted by Crippen LogP contribution is -2.43. The summed E-state index contributed by atoms with van der Waals surface area (Å²) in [6.07, 6.45) is 0.675. The van der Waals surface area contributed by atoms with Crippen molar-refractivity contribution < 1.29 is 9.59 Å². The Balaban J connectivity index is 2.55. The predicted octanol–water partition coefficient (Wildman–Crippen LogP) is 0.930. The summed E-state index contributed by atoms with van der Waals surface area (Å²) in [6, 6.07) is 4.94. The SMILES string of the molecule is CC(=O)N1c2ccc(C(N)=O)cc2[C@H](N)C[C@@H]1C. The van der Waals surface area contributed by atoms with Gasteiger partial charge in [0.15, 0.2) is 0 Å². The highest BCUT2D eigenvalue weighted by molar-refractivity contribution is 5.97. The molecule has 0 saturated carbocycles. The molecule has 1 aliphatic rings. The van der Waals surface area contributed by atoms with Crippen molar-refractivity contribution in [3.63, 3.8) is 0 Å². The number of hydrogen-bond donors (Lipinski definition) is 2. The van der Waals surface area contributed by atoms with Crippen molar-refractivity contribution in [1.82, 2.24) is 0 Å². The summed E-state index contributed by atoms with van der Waals surface area (Å²) >= 11 is 0. The molecule has 2 atom stereocenters. The van der Waals surface area contributed by atoms with Gasteiger partial charge in [-0.1, -0.05) is 0 Å². The predicted molar refractivity (Wildman–Crippen MR) is 69.1 cm³/mol. The number of nitrogens with two attached hydrogens (primary N) is 2. The molecule has 5 nitrogen and oxygen atoms in total. The number of rotatable bonds is 1. The van der Waals surface area contributed by atoms with Gasteiger partial charge in [0.05, 0.1) is 0 Å². The summed E-state index contributed by atoms with van der Waals surface area (Å²) in [6.45, 7) is 3.49. The standard InChI is InChI=1S/C13H17N3O2/c1-7-5-11(14)10-6-9(13(15)18)3-4-12(10)16(7)8(2)17/h3-4,6-7,11H,5,14H2,1-2H3,(H2,15,18)/t7-,11+/m0/s1. The second kappa shape index (κ2) is 4.42. The Labute approximate surface area is 106 Å². The van der Waals surface area contributed by atoms with E-state index in [9.17, 15) is 9.59 Å². The van der Waals surface area contributed by atoms with E-state index in [4.69, 9.17) is 11.5 Å². The van der Waals surface area contributed by atoms with Crippen molar-refractivity contribution in [2.75, 3.05) is 4.90 Å². The largest absolute Gasteiger partial charge is 0.366 e. The highest BCUT2D eigenvalue weighted by atomic mass is 16.2. The molecule has 0 fully saturated rings. The first-order valence-corrected chi connectivity index (χ1v) is 5.91. The summed E-state index contributed by atoms with van der Waals surface area (Å²) in [7, 11) is 0.